The number of methoxy groups -OCH3 is 2. The largest absolute Gasteiger partial charge is 0.496 e. The average Bonchev–Trinajstić information content (AvgIpc) is 2.28. The lowest BCUT2D eigenvalue weighted by atomic mass is 10.1. The van der Waals surface area contributed by atoms with Crippen LogP contribution in [0.5, 0.6) is 5.75 Å². The van der Waals surface area contributed by atoms with E-state index < -0.39 is 0 Å². The van der Waals surface area contributed by atoms with Crippen LogP contribution in [0.25, 0.3) is 0 Å². The Hall–Kier alpha value is -1.06. The van der Waals surface area contributed by atoms with Gasteiger partial charge >= 0.3 is 0 Å². The maximum Gasteiger partial charge on any atom is 0.124 e. The lowest BCUT2D eigenvalue weighted by molar-refractivity contribution is 0.181. The molecule has 1 rings (SSSR count). The van der Waals surface area contributed by atoms with Crippen LogP contribution in [0, 0.1) is 0 Å². The summed E-state index contributed by atoms with van der Waals surface area (Å²) >= 11 is 0. The van der Waals surface area contributed by atoms with Gasteiger partial charge in [-0.1, -0.05) is 12.1 Å². The molecule has 0 aromatic heterocycles. The van der Waals surface area contributed by atoms with Gasteiger partial charge in [-0.2, -0.15) is 0 Å². The summed E-state index contributed by atoms with van der Waals surface area (Å²) in [6, 6.07) is 6.26. The van der Waals surface area contributed by atoms with Gasteiger partial charge in [-0.15, -0.1) is 0 Å². The topological polar surface area (TPSA) is 30.5 Å². The number of benzene rings is 1. The monoisotopic (exact) mass is 209 g/mol. The number of likely N-dealkylation sites (N-methyl/N-ethyl adjacent to an activating group) is 1. The van der Waals surface area contributed by atoms with Crippen LogP contribution in [0.15, 0.2) is 18.2 Å². The van der Waals surface area contributed by atoms with Crippen molar-refractivity contribution in [3.8, 4) is 5.75 Å². The van der Waals surface area contributed by atoms with Crippen molar-refractivity contribution in [2.24, 2.45) is 0 Å². The van der Waals surface area contributed by atoms with Crippen molar-refractivity contribution in [2.45, 2.75) is 13.0 Å². The second-order valence-corrected chi connectivity index (χ2v) is 3.43. The van der Waals surface area contributed by atoms with Crippen molar-refractivity contribution in [3.05, 3.63) is 29.3 Å². The van der Waals surface area contributed by atoms with Gasteiger partial charge in [0.25, 0.3) is 0 Å². The van der Waals surface area contributed by atoms with E-state index in [4.69, 9.17) is 9.47 Å². The van der Waals surface area contributed by atoms with E-state index >= 15 is 0 Å². The molecule has 3 heteroatoms. The standard InChI is InChI=1S/C12H19NO2/c1-13-7-6-10-4-5-11(9-14-2)12(8-10)15-3/h4-5,8,13H,6-7,9H2,1-3H3. The van der Waals surface area contributed by atoms with Gasteiger partial charge in [-0.25, -0.2) is 0 Å². The fourth-order valence-electron chi connectivity index (χ4n) is 1.49. The third kappa shape index (κ3) is 3.53. The molecule has 0 saturated heterocycles. The highest BCUT2D eigenvalue weighted by Gasteiger charge is 2.03. The lowest BCUT2D eigenvalue weighted by Crippen LogP contribution is -2.10. The van der Waals surface area contributed by atoms with Gasteiger partial charge in [0.15, 0.2) is 0 Å². The number of rotatable bonds is 6. The first kappa shape index (κ1) is 12.0. The second-order valence-electron chi connectivity index (χ2n) is 3.43. The second kappa shape index (κ2) is 6.43. The van der Waals surface area contributed by atoms with Crippen LogP contribution in [0.4, 0.5) is 0 Å². The molecule has 0 fully saturated rings. The molecule has 0 aliphatic carbocycles. The molecular formula is C12H19NO2. The molecule has 1 N–H and O–H groups in total. The number of ether oxygens (including phenoxy) is 2. The van der Waals surface area contributed by atoms with E-state index in [9.17, 15) is 0 Å². The maximum absolute atomic E-state index is 5.32. The Morgan fingerprint density at radius 3 is 2.67 bits per heavy atom. The highest BCUT2D eigenvalue weighted by atomic mass is 16.5. The quantitative estimate of drug-likeness (QED) is 0.772. The minimum absolute atomic E-state index is 0.593. The van der Waals surface area contributed by atoms with Crippen LogP contribution in [-0.4, -0.2) is 27.8 Å². The molecule has 0 saturated carbocycles. The number of nitrogens with one attached hydrogen (secondary N) is 1. The van der Waals surface area contributed by atoms with Gasteiger partial charge in [0, 0.05) is 12.7 Å². The Morgan fingerprint density at radius 1 is 1.27 bits per heavy atom. The molecule has 84 valence electrons. The first-order valence-corrected chi connectivity index (χ1v) is 5.11. The molecular weight excluding hydrogens is 190 g/mol. The maximum atomic E-state index is 5.32. The molecule has 0 spiro atoms. The van der Waals surface area contributed by atoms with Gasteiger partial charge in [-0.05, 0) is 31.6 Å². The van der Waals surface area contributed by atoms with Crippen LogP contribution in [-0.2, 0) is 17.8 Å². The zero-order valence-corrected chi connectivity index (χ0v) is 9.67. The van der Waals surface area contributed by atoms with Gasteiger partial charge < -0.3 is 14.8 Å². The highest BCUT2D eigenvalue weighted by molar-refractivity contribution is 5.37. The predicted octanol–water partition coefficient (Wildman–Crippen LogP) is 1.60. The van der Waals surface area contributed by atoms with Crippen molar-refractivity contribution in [1.29, 1.82) is 0 Å². The van der Waals surface area contributed by atoms with Gasteiger partial charge in [-0.3, -0.25) is 0 Å². The lowest BCUT2D eigenvalue weighted by Gasteiger charge is -2.10. The molecule has 15 heavy (non-hydrogen) atoms. The van der Waals surface area contributed by atoms with Gasteiger partial charge in [0.05, 0.1) is 13.7 Å². The summed E-state index contributed by atoms with van der Waals surface area (Å²) in [7, 11) is 5.33. The summed E-state index contributed by atoms with van der Waals surface area (Å²) in [5.74, 6) is 0.908. The summed E-state index contributed by atoms with van der Waals surface area (Å²) < 4.78 is 10.4. The Balaban J connectivity index is 2.77. The van der Waals surface area contributed by atoms with Crippen LogP contribution in [0.1, 0.15) is 11.1 Å². The molecule has 0 atom stereocenters. The summed E-state index contributed by atoms with van der Waals surface area (Å²) in [5, 5.41) is 3.13. The van der Waals surface area contributed by atoms with Crippen molar-refractivity contribution in [1.82, 2.24) is 5.32 Å². The minimum Gasteiger partial charge on any atom is -0.496 e. The van der Waals surface area contributed by atoms with Gasteiger partial charge in [0.2, 0.25) is 0 Å². The molecule has 0 aliphatic heterocycles. The number of hydrogen-bond acceptors (Lipinski definition) is 3. The summed E-state index contributed by atoms with van der Waals surface area (Å²) in [6.45, 7) is 1.57. The summed E-state index contributed by atoms with van der Waals surface area (Å²) in [6.07, 6.45) is 1.01. The average molecular weight is 209 g/mol. The van der Waals surface area contributed by atoms with E-state index in [-0.39, 0.29) is 0 Å². The number of hydrogen-bond donors (Lipinski definition) is 1. The molecule has 0 radical (unpaired) electrons. The first-order chi connectivity index (χ1) is 7.31. The fourth-order valence-corrected chi connectivity index (χ4v) is 1.49. The molecule has 0 heterocycles. The van der Waals surface area contributed by atoms with Crippen molar-refractivity contribution in [2.75, 3.05) is 27.8 Å². The van der Waals surface area contributed by atoms with E-state index in [1.807, 2.05) is 7.05 Å². The third-order valence-electron chi connectivity index (χ3n) is 2.32. The fraction of sp³-hybridized carbons (Fsp3) is 0.500. The van der Waals surface area contributed by atoms with Gasteiger partial charge in [0.1, 0.15) is 5.75 Å². The predicted molar refractivity (Wildman–Crippen MR) is 61.3 cm³/mol. The van der Waals surface area contributed by atoms with Crippen LogP contribution in [0.2, 0.25) is 0 Å². The summed E-state index contributed by atoms with van der Waals surface area (Å²) in [5.41, 5.74) is 2.37. The smallest absolute Gasteiger partial charge is 0.124 e. The normalized spacial score (nSPS) is 10.3. The van der Waals surface area contributed by atoms with E-state index in [1.165, 1.54) is 5.56 Å². The summed E-state index contributed by atoms with van der Waals surface area (Å²) in [4.78, 5) is 0. The van der Waals surface area contributed by atoms with E-state index in [0.29, 0.717) is 6.61 Å². The zero-order valence-electron chi connectivity index (χ0n) is 9.67. The first-order valence-electron chi connectivity index (χ1n) is 5.11. The Bertz CT molecular complexity index is 300. The Kier molecular flexibility index (Phi) is 5.15. The Labute approximate surface area is 91.4 Å². The minimum atomic E-state index is 0.593. The van der Waals surface area contributed by atoms with E-state index in [2.05, 4.69) is 23.5 Å². The molecule has 0 unspecified atom stereocenters. The SMILES string of the molecule is CNCCc1ccc(COC)c(OC)c1. The van der Waals surface area contributed by atoms with Crippen molar-refractivity contribution < 1.29 is 9.47 Å². The molecule has 0 aliphatic rings. The van der Waals surface area contributed by atoms with Crippen molar-refractivity contribution in [3.63, 3.8) is 0 Å². The molecule has 0 amide bonds. The van der Waals surface area contributed by atoms with E-state index in [1.54, 1.807) is 14.2 Å². The molecule has 1 aromatic rings. The zero-order chi connectivity index (χ0) is 11.1. The van der Waals surface area contributed by atoms with E-state index in [0.717, 1.165) is 24.3 Å². The van der Waals surface area contributed by atoms with Crippen LogP contribution in [0.3, 0.4) is 0 Å². The van der Waals surface area contributed by atoms with Crippen LogP contribution >= 0.6 is 0 Å². The van der Waals surface area contributed by atoms with Crippen LogP contribution < -0.4 is 10.1 Å². The van der Waals surface area contributed by atoms with Crippen molar-refractivity contribution >= 4 is 0 Å². The molecule has 0 bridgehead atoms. The molecule has 1 aromatic carbocycles. The third-order valence-corrected chi connectivity index (χ3v) is 2.32. The highest BCUT2D eigenvalue weighted by Crippen LogP contribution is 2.21. The Morgan fingerprint density at radius 2 is 2.07 bits per heavy atom. The molecule has 3 nitrogen and oxygen atoms in total.